The second-order valence-electron chi connectivity index (χ2n) is 6.91. The van der Waals surface area contributed by atoms with E-state index < -0.39 is 11.9 Å². The summed E-state index contributed by atoms with van der Waals surface area (Å²) in [5.41, 5.74) is 1.70. The number of hydrogen-bond acceptors (Lipinski definition) is 5. The molecular weight excluding hydrogens is 512 g/mol. The highest BCUT2D eigenvalue weighted by Crippen LogP contribution is 2.20. The molecule has 1 atom stereocenters. The topological polar surface area (TPSA) is 84.0 Å². The maximum absolute atomic E-state index is 13.1. The average Bonchev–Trinajstić information content (AvgIpc) is 2.80. The lowest BCUT2D eigenvalue weighted by Crippen LogP contribution is -2.45. The van der Waals surface area contributed by atoms with Crippen molar-refractivity contribution in [3.63, 3.8) is 0 Å². The first-order valence-electron chi connectivity index (χ1n) is 10.0. The number of carbonyl (C=O) groups is 2. The van der Waals surface area contributed by atoms with Crippen molar-refractivity contribution in [2.24, 2.45) is 0 Å². The van der Waals surface area contributed by atoms with Crippen molar-refractivity contribution >= 4 is 56.8 Å². The van der Waals surface area contributed by atoms with Crippen LogP contribution in [-0.4, -0.2) is 33.6 Å². The summed E-state index contributed by atoms with van der Waals surface area (Å²) in [7, 11) is 0. The zero-order valence-electron chi connectivity index (χ0n) is 17.3. The molecule has 0 spiro atoms. The second kappa shape index (κ2) is 12.0. The lowest BCUT2D eigenvalue weighted by molar-refractivity contribution is -0.118. The molecule has 0 aliphatic rings. The van der Waals surface area contributed by atoms with E-state index in [1.54, 1.807) is 30.5 Å². The van der Waals surface area contributed by atoms with Crippen LogP contribution in [-0.2, 0) is 11.2 Å². The van der Waals surface area contributed by atoms with E-state index in [9.17, 15) is 9.59 Å². The minimum Gasteiger partial charge on any atom is -0.339 e. The van der Waals surface area contributed by atoms with Crippen LogP contribution in [0.3, 0.4) is 0 Å². The molecule has 0 saturated carbocycles. The zero-order chi connectivity index (χ0) is 22.9. The Labute approximate surface area is 204 Å². The Hall–Kier alpha value is -2.42. The Morgan fingerprint density at radius 1 is 1.12 bits per heavy atom. The maximum Gasteiger partial charge on any atom is 0.271 e. The summed E-state index contributed by atoms with van der Waals surface area (Å²) in [5.74, 6) is 0.0584. The Morgan fingerprint density at radius 2 is 1.84 bits per heavy atom. The van der Waals surface area contributed by atoms with Crippen LogP contribution in [0.1, 0.15) is 29.4 Å². The molecule has 2 amide bonds. The van der Waals surface area contributed by atoms with E-state index in [1.807, 2.05) is 30.3 Å². The quantitative estimate of drug-likeness (QED) is 0.285. The fourth-order valence-corrected chi connectivity index (χ4v) is 3.99. The SMILES string of the molecule is CCCSc1ncc(Br)c(C(=O)N[C@@H](Cc2ccccc2)C(=O)Nc2ccc(Cl)cc2)n1. The number of anilines is 1. The van der Waals surface area contributed by atoms with Crippen LogP contribution in [0.5, 0.6) is 0 Å². The monoisotopic (exact) mass is 532 g/mol. The lowest BCUT2D eigenvalue weighted by Gasteiger charge is -2.19. The highest BCUT2D eigenvalue weighted by Gasteiger charge is 2.24. The molecular formula is C23H22BrClN4O2S. The van der Waals surface area contributed by atoms with E-state index >= 15 is 0 Å². The molecule has 166 valence electrons. The molecule has 0 aliphatic carbocycles. The van der Waals surface area contributed by atoms with Crippen molar-refractivity contribution in [1.29, 1.82) is 0 Å². The lowest BCUT2D eigenvalue weighted by atomic mass is 10.0. The highest BCUT2D eigenvalue weighted by atomic mass is 79.9. The van der Waals surface area contributed by atoms with Crippen molar-refractivity contribution in [3.8, 4) is 0 Å². The van der Waals surface area contributed by atoms with Crippen molar-refractivity contribution in [2.75, 3.05) is 11.1 Å². The summed E-state index contributed by atoms with van der Waals surface area (Å²) in [6, 6.07) is 15.5. The van der Waals surface area contributed by atoms with Crippen LogP contribution in [0.25, 0.3) is 0 Å². The summed E-state index contributed by atoms with van der Waals surface area (Å²) in [4.78, 5) is 34.7. The summed E-state index contributed by atoms with van der Waals surface area (Å²) in [6.07, 6.45) is 2.85. The number of hydrogen-bond donors (Lipinski definition) is 2. The largest absolute Gasteiger partial charge is 0.339 e. The first-order valence-corrected chi connectivity index (χ1v) is 12.2. The predicted molar refractivity (Wildman–Crippen MR) is 132 cm³/mol. The summed E-state index contributed by atoms with van der Waals surface area (Å²) in [5, 5.41) is 6.76. The number of rotatable bonds is 9. The number of thioether (sulfide) groups is 1. The molecule has 2 N–H and O–H groups in total. The number of nitrogens with zero attached hydrogens (tertiary/aromatic N) is 2. The highest BCUT2D eigenvalue weighted by molar-refractivity contribution is 9.10. The molecule has 0 bridgehead atoms. The van der Waals surface area contributed by atoms with Gasteiger partial charge in [0.25, 0.3) is 5.91 Å². The third-order valence-corrected chi connectivity index (χ3v) is 6.29. The molecule has 2 aromatic carbocycles. The minimum atomic E-state index is -0.811. The number of amides is 2. The van der Waals surface area contributed by atoms with Crippen molar-refractivity contribution in [1.82, 2.24) is 15.3 Å². The van der Waals surface area contributed by atoms with Gasteiger partial charge in [0.05, 0.1) is 4.47 Å². The minimum absolute atomic E-state index is 0.191. The van der Waals surface area contributed by atoms with E-state index in [2.05, 4.69) is 43.5 Å². The van der Waals surface area contributed by atoms with Gasteiger partial charge in [-0.1, -0.05) is 60.6 Å². The van der Waals surface area contributed by atoms with Gasteiger partial charge in [-0.05, 0) is 52.2 Å². The fraction of sp³-hybridized carbons (Fsp3) is 0.217. The number of nitrogens with one attached hydrogen (secondary N) is 2. The van der Waals surface area contributed by atoms with Gasteiger partial charge in [0, 0.05) is 29.1 Å². The number of halogens is 2. The molecule has 3 rings (SSSR count). The summed E-state index contributed by atoms with van der Waals surface area (Å²) < 4.78 is 0.465. The molecule has 0 fully saturated rings. The van der Waals surface area contributed by atoms with Gasteiger partial charge in [-0.15, -0.1) is 0 Å². The smallest absolute Gasteiger partial charge is 0.271 e. The van der Waals surface area contributed by atoms with Crippen LogP contribution in [0.4, 0.5) is 5.69 Å². The van der Waals surface area contributed by atoms with Crippen LogP contribution in [0.15, 0.2) is 70.4 Å². The molecule has 1 aromatic heterocycles. The predicted octanol–water partition coefficient (Wildman–Crippen LogP) is 5.37. The van der Waals surface area contributed by atoms with Crippen LogP contribution in [0.2, 0.25) is 5.02 Å². The van der Waals surface area contributed by atoms with Gasteiger partial charge < -0.3 is 10.6 Å². The third kappa shape index (κ3) is 7.05. The van der Waals surface area contributed by atoms with Gasteiger partial charge >= 0.3 is 0 Å². The van der Waals surface area contributed by atoms with Gasteiger partial charge in [0.1, 0.15) is 11.7 Å². The van der Waals surface area contributed by atoms with E-state index in [-0.39, 0.29) is 11.6 Å². The van der Waals surface area contributed by atoms with Crippen LogP contribution in [0, 0.1) is 0 Å². The zero-order valence-corrected chi connectivity index (χ0v) is 20.5. The van der Waals surface area contributed by atoms with Crippen molar-refractivity contribution in [2.45, 2.75) is 31.0 Å². The van der Waals surface area contributed by atoms with E-state index in [4.69, 9.17) is 11.6 Å². The van der Waals surface area contributed by atoms with E-state index in [0.29, 0.717) is 26.8 Å². The Morgan fingerprint density at radius 3 is 2.53 bits per heavy atom. The third-order valence-electron chi connectivity index (χ3n) is 4.39. The first-order chi connectivity index (χ1) is 15.5. The van der Waals surface area contributed by atoms with E-state index in [1.165, 1.54) is 11.8 Å². The number of carbonyl (C=O) groups excluding carboxylic acids is 2. The number of aromatic nitrogens is 2. The van der Waals surface area contributed by atoms with Crippen LogP contribution >= 0.6 is 39.3 Å². The Bertz CT molecular complexity index is 1070. The number of benzene rings is 2. The van der Waals surface area contributed by atoms with Crippen molar-refractivity contribution < 1.29 is 9.59 Å². The normalized spacial score (nSPS) is 11.6. The molecule has 1 heterocycles. The molecule has 0 saturated heterocycles. The van der Waals surface area contributed by atoms with Gasteiger partial charge in [-0.25, -0.2) is 9.97 Å². The first kappa shape index (κ1) is 24.2. The molecule has 0 unspecified atom stereocenters. The standard InChI is InChI=1S/C23H22BrClN4O2S/c1-2-12-32-23-26-14-18(24)20(29-23)22(31)28-19(13-15-6-4-3-5-7-15)21(30)27-17-10-8-16(25)9-11-17/h3-11,14,19H,2,12-13H2,1H3,(H,27,30)(H,28,31)/t19-/m0/s1. The maximum atomic E-state index is 13.1. The molecule has 0 aliphatic heterocycles. The molecule has 3 aromatic rings. The summed E-state index contributed by atoms with van der Waals surface area (Å²) in [6.45, 7) is 2.06. The van der Waals surface area contributed by atoms with E-state index in [0.717, 1.165) is 17.7 Å². The fourth-order valence-electron chi connectivity index (χ4n) is 2.82. The van der Waals surface area contributed by atoms with Crippen molar-refractivity contribution in [3.05, 3.63) is 81.5 Å². The average molecular weight is 534 g/mol. The van der Waals surface area contributed by atoms with Gasteiger partial charge in [-0.2, -0.15) is 0 Å². The molecule has 9 heteroatoms. The summed E-state index contributed by atoms with van der Waals surface area (Å²) >= 11 is 10.7. The molecule has 0 radical (unpaired) electrons. The van der Waals surface area contributed by atoms with Crippen LogP contribution < -0.4 is 10.6 Å². The van der Waals surface area contributed by atoms with Gasteiger partial charge in [-0.3, -0.25) is 9.59 Å². The second-order valence-corrected chi connectivity index (χ2v) is 9.26. The Kier molecular flexibility index (Phi) is 9.08. The molecule has 6 nitrogen and oxygen atoms in total. The molecule has 32 heavy (non-hydrogen) atoms. The van der Waals surface area contributed by atoms with Gasteiger partial charge in [0.2, 0.25) is 5.91 Å². The van der Waals surface area contributed by atoms with Gasteiger partial charge in [0.15, 0.2) is 5.16 Å². The Balaban J connectivity index is 1.80.